The first kappa shape index (κ1) is 19.5. The van der Waals surface area contributed by atoms with Crippen LogP contribution in [0.2, 0.25) is 0 Å². The van der Waals surface area contributed by atoms with E-state index in [0.717, 1.165) is 11.6 Å². The normalized spacial score (nSPS) is 20.6. The summed E-state index contributed by atoms with van der Waals surface area (Å²) in [5.41, 5.74) is 1.14. The number of halogens is 2. The van der Waals surface area contributed by atoms with Crippen molar-refractivity contribution in [3.05, 3.63) is 71.3 Å². The zero-order chi connectivity index (χ0) is 19.6. The van der Waals surface area contributed by atoms with E-state index in [-0.39, 0.29) is 24.0 Å². The Kier molecular flexibility index (Phi) is 5.61. The molecule has 3 rings (SSSR count). The predicted molar refractivity (Wildman–Crippen MR) is 100 cm³/mol. The van der Waals surface area contributed by atoms with Gasteiger partial charge in [0.05, 0.1) is 12.5 Å². The van der Waals surface area contributed by atoms with Crippen LogP contribution in [0.15, 0.2) is 48.5 Å². The molecule has 2 aromatic carbocycles. The van der Waals surface area contributed by atoms with Crippen molar-refractivity contribution < 1.29 is 18.3 Å². The summed E-state index contributed by atoms with van der Waals surface area (Å²) >= 11 is 0. The van der Waals surface area contributed by atoms with Gasteiger partial charge in [-0.3, -0.25) is 9.69 Å². The maximum absolute atomic E-state index is 14.5. The van der Waals surface area contributed by atoms with Crippen LogP contribution in [0.3, 0.4) is 0 Å². The molecule has 1 aliphatic rings. The molecule has 5 heteroatoms. The molecule has 0 saturated carbocycles. The van der Waals surface area contributed by atoms with Crippen LogP contribution in [-0.2, 0) is 15.1 Å². The third kappa shape index (κ3) is 3.88. The maximum Gasteiger partial charge on any atom is 0.310 e. The zero-order valence-electron chi connectivity index (χ0n) is 15.9. The minimum absolute atomic E-state index is 0.274. The van der Waals surface area contributed by atoms with Gasteiger partial charge >= 0.3 is 5.97 Å². The van der Waals surface area contributed by atoms with Crippen molar-refractivity contribution in [2.75, 3.05) is 19.7 Å². The van der Waals surface area contributed by atoms with Crippen LogP contribution in [0.5, 0.6) is 0 Å². The zero-order valence-corrected chi connectivity index (χ0v) is 15.9. The Balaban J connectivity index is 1.95. The molecule has 1 saturated heterocycles. The molecule has 1 fully saturated rings. The van der Waals surface area contributed by atoms with Gasteiger partial charge in [-0.05, 0) is 38.0 Å². The quantitative estimate of drug-likeness (QED) is 0.724. The van der Waals surface area contributed by atoms with Crippen molar-refractivity contribution in [3.63, 3.8) is 0 Å². The van der Waals surface area contributed by atoms with E-state index in [9.17, 15) is 13.6 Å². The number of ether oxygens (including phenoxy) is 1. The summed E-state index contributed by atoms with van der Waals surface area (Å²) in [7, 11) is 0. The van der Waals surface area contributed by atoms with Gasteiger partial charge in [-0.2, -0.15) is 0 Å². The van der Waals surface area contributed by atoms with Crippen LogP contribution >= 0.6 is 0 Å². The third-order valence-corrected chi connectivity index (χ3v) is 5.54. The molecule has 1 heterocycles. The van der Waals surface area contributed by atoms with Gasteiger partial charge in [0.25, 0.3) is 0 Å². The van der Waals surface area contributed by atoms with Gasteiger partial charge < -0.3 is 4.74 Å². The van der Waals surface area contributed by atoms with E-state index in [4.69, 9.17) is 4.74 Å². The SMILES string of the molecule is CCOC(=O)[C@@H]1CN(C(C)(C)c2ccccc2)C[C@H]1c1ccc(F)cc1F. The highest BCUT2D eigenvalue weighted by molar-refractivity contribution is 5.74. The molecule has 0 bridgehead atoms. The number of hydrogen-bond acceptors (Lipinski definition) is 3. The molecule has 0 amide bonds. The number of carbonyl (C=O) groups is 1. The summed E-state index contributed by atoms with van der Waals surface area (Å²) < 4.78 is 33.1. The molecule has 0 aromatic heterocycles. The Bertz CT molecular complexity index is 807. The third-order valence-electron chi connectivity index (χ3n) is 5.54. The topological polar surface area (TPSA) is 29.5 Å². The lowest BCUT2D eigenvalue weighted by Crippen LogP contribution is -2.40. The monoisotopic (exact) mass is 373 g/mol. The average molecular weight is 373 g/mol. The van der Waals surface area contributed by atoms with E-state index in [2.05, 4.69) is 18.7 Å². The highest BCUT2D eigenvalue weighted by atomic mass is 19.1. The number of carbonyl (C=O) groups excluding carboxylic acids is 1. The number of nitrogens with zero attached hydrogens (tertiary/aromatic N) is 1. The van der Waals surface area contributed by atoms with Gasteiger partial charge in [-0.15, -0.1) is 0 Å². The van der Waals surface area contributed by atoms with Crippen LogP contribution in [0.4, 0.5) is 8.78 Å². The van der Waals surface area contributed by atoms with E-state index < -0.39 is 17.6 Å². The summed E-state index contributed by atoms with van der Waals surface area (Å²) in [5.74, 6) is -2.45. The van der Waals surface area contributed by atoms with Crippen LogP contribution in [0.25, 0.3) is 0 Å². The van der Waals surface area contributed by atoms with Crippen LogP contribution in [-0.4, -0.2) is 30.6 Å². The lowest BCUT2D eigenvalue weighted by Gasteiger charge is -2.36. The number of benzene rings is 2. The van der Waals surface area contributed by atoms with Crippen molar-refractivity contribution in [3.8, 4) is 0 Å². The first-order chi connectivity index (χ1) is 12.8. The van der Waals surface area contributed by atoms with Gasteiger partial charge in [-0.25, -0.2) is 8.78 Å². The molecule has 3 nitrogen and oxygen atoms in total. The molecule has 27 heavy (non-hydrogen) atoms. The first-order valence-electron chi connectivity index (χ1n) is 9.26. The Morgan fingerprint density at radius 2 is 1.85 bits per heavy atom. The number of rotatable bonds is 5. The molecule has 0 N–H and O–H groups in total. The molecule has 1 aliphatic heterocycles. The lowest BCUT2D eigenvalue weighted by atomic mass is 9.88. The fraction of sp³-hybridized carbons (Fsp3) is 0.409. The Labute approximate surface area is 158 Å². The fourth-order valence-corrected chi connectivity index (χ4v) is 3.89. The molecule has 144 valence electrons. The van der Waals surface area contributed by atoms with Crippen molar-refractivity contribution in [2.45, 2.75) is 32.2 Å². The number of esters is 1. The highest BCUT2D eigenvalue weighted by Gasteiger charge is 2.45. The minimum atomic E-state index is -0.622. The van der Waals surface area contributed by atoms with E-state index >= 15 is 0 Å². The van der Waals surface area contributed by atoms with E-state index in [0.29, 0.717) is 18.7 Å². The molecule has 0 unspecified atom stereocenters. The summed E-state index contributed by atoms with van der Waals surface area (Å²) in [6, 6.07) is 13.6. The number of hydrogen-bond donors (Lipinski definition) is 0. The van der Waals surface area contributed by atoms with Crippen molar-refractivity contribution in [2.24, 2.45) is 5.92 Å². The van der Waals surface area contributed by atoms with Crippen LogP contribution in [0, 0.1) is 17.6 Å². The molecule has 2 atom stereocenters. The van der Waals surface area contributed by atoms with Crippen LogP contribution < -0.4 is 0 Å². The molecule has 0 spiro atoms. The van der Waals surface area contributed by atoms with Gasteiger partial charge in [0, 0.05) is 30.6 Å². The minimum Gasteiger partial charge on any atom is -0.466 e. The second kappa shape index (κ2) is 7.77. The summed E-state index contributed by atoms with van der Waals surface area (Å²) in [4.78, 5) is 14.7. The van der Waals surface area contributed by atoms with E-state index in [1.165, 1.54) is 12.1 Å². The van der Waals surface area contributed by atoms with E-state index in [1.807, 2.05) is 30.3 Å². The second-order valence-corrected chi connectivity index (χ2v) is 7.46. The second-order valence-electron chi connectivity index (χ2n) is 7.46. The molecular formula is C22H25F2NO2. The maximum atomic E-state index is 14.5. The highest BCUT2D eigenvalue weighted by Crippen LogP contribution is 2.41. The first-order valence-corrected chi connectivity index (χ1v) is 9.26. The molecular weight excluding hydrogens is 348 g/mol. The smallest absolute Gasteiger partial charge is 0.310 e. The van der Waals surface area contributed by atoms with Crippen LogP contribution in [0.1, 0.15) is 37.8 Å². The summed E-state index contributed by atoms with van der Waals surface area (Å²) in [5, 5.41) is 0. The average Bonchev–Trinajstić information content (AvgIpc) is 3.08. The van der Waals surface area contributed by atoms with Gasteiger partial charge in [0.2, 0.25) is 0 Å². The largest absolute Gasteiger partial charge is 0.466 e. The Morgan fingerprint density at radius 3 is 2.48 bits per heavy atom. The Morgan fingerprint density at radius 1 is 1.15 bits per heavy atom. The predicted octanol–water partition coefficient (Wildman–Crippen LogP) is 4.48. The van der Waals surface area contributed by atoms with Crippen molar-refractivity contribution in [1.82, 2.24) is 4.90 Å². The number of likely N-dealkylation sites (tertiary alicyclic amines) is 1. The molecule has 2 aromatic rings. The summed E-state index contributed by atoms with van der Waals surface area (Å²) in [6.45, 7) is 7.17. The van der Waals surface area contributed by atoms with Crippen molar-refractivity contribution >= 4 is 5.97 Å². The lowest BCUT2D eigenvalue weighted by molar-refractivity contribution is -0.148. The Hall–Kier alpha value is -2.27. The molecule has 0 radical (unpaired) electrons. The fourth-order valence-electron chi connectivity index (χ4n) is 3.89. The summed E-state index contributed by atoms with van der Waals surface area (Å²) in [6.07, 6.45) is 0. The van der Waals surface area contributed by atoms with Gasteiger partial charge in [0.15, 0.2) is 0 Å². The van der Waals surface area contributed by atoms with E-state index in [1.54, 1.807) is 6.92 Å². The standard InChI is InChI=1S/C22H25F2NO2/c1-4-27-21(26)19-14-25(22(2,3)15-8-6-5-7-9-15)13-18(19)17-11-10-16(23)12-20(17)24/h5-12,18-19H,4,13-14H2,1-3H3/t18-,19+/m0/s1. The van der Waals surface area contributed by atoms with Gasteiger partial charge in [-0.1, -0.05) is 36.4 Å². The van der Waals surface area contributed by atoms with Gasteiger partial charge in [0.1, 0.15) is 11.6 Å². The molecule has 0 aliphatic carbocycles. The van der Waals surface area contributed by atoms with Crippen molar-refractivity contribution in [1.29, 1.82) is 0 Å².